The van der Waals surface area contributed by atoms with Gasteiger partial charge in [-0.25, -0.2) is 4.39 Å². The van der Waals surface area contributed by atoms with Crippen LogP contribution in [0.4, 0.5) is 4.39 Å². The molecule has 2 rings (SSSR count). The second-order valence-electron chi connectivity index (χ2n) is 5.33. The van der Waals surface area contributed by atoms with Crippen LogP contribution < -0.4 is 5.32 Å². The largest absolute Gasteiger partial charge is 0.305 e. The predicted octanol–water partition coefficient (Wildman–Crippen LogP) is 4.90. The van der Waals surface area contributed by atoms with Crippen molar-refractivity contribution in [2.45, 2.75) is 40.2 Å². The Kier molecular flexibility index (Phi) is 4.95. The first kappa shape index (κ1) is 15.2. The molecule has 108 valence electrons. The molecule has 1 heterocycles. The van der Waals surface area contributed by atoms with Gasteiger partial charge >= 0.3 is 0 Å². The number of hydrogen-bond acceptors (Lipinski definition) is 2. The molecule has 3 heteroatoms. The summed E-state index contributed by atoms with van der Waals surface area (Å²) in [5.74, 6) is -0.107. The van der Waals surface area contributed by atoms with Crippen molar-refractivity contribution in [3.05, 3.63) is 56.5 Å². The topological polar surface area (TPSA) is 12.0 Å². The van der Waals surface area contributed by atoms with Gasteiger partial charge in [-0.1, -0.05) is 13.0 Å². The molecule has 0 aliphatic rings. The van der Waals surface area contributed by atoms with Crippen molar-refractivity contribution in [2.24, 2.45) is 0 Å². The standard InChI is InChI=1S/C17H22FNS/c1-5-7-19-16(17-12(3)6-8-20-17)15-13(4)9-11(2)10-14(15)18/h6,8-10,16,19H,5,7H2,1-4H3. The molecule has 1 unspecified atom stereocenters. The summed E-state index contributed by atoms with van der Waals surface area (Å²) in [6.07, 6.45) is 1.04. The summed E-state index contributed by atoms with van der Waals surface area (Å²) in [7, 11) is 0. The van der Waals surface area contributed by atoms with Gasteiger partial charge in [0.25, 0.3) is 0 Å². The van der Waals surface area contributed by atoms with Crippen LogP contribution in [0.1, 0.15) is 46.5 Å². The van der Waals surface area contributed by atoms with Crippen LogP contribution in [0.25, 0.3) is 0 Å². The van der Waals surface area contributed by atoms with E-state index < -0.39 is 0 Å². The first-order chi connectivity index (χ1) is 9.54. The molecular weight excluding hydrogens is 269 g/mol. The molecule has 0 fully saturated rings. The third kappa shape index (κ3) is 3.10. The van der Waals surface area contributed by atoms with Gasteiger partial charge in [0.15, 0.2) is 0 Å². The Balaban J connectivity index is 2.50. The lowest BCUT2D eigenvalue weighted by Crippen LogP contribution is -2.24. The highest BCUT2D eigenvalue weighted by atomic mass is 32.1. The highest BCUT2D eigenvalue weighted by Crippen LogP contribution is 2.33. The van der Waals surface area contributed by atoms with Gasteiger partial charge in [0.2, 0.25) is 0 Å². The van der Waals surface area contributed by atoms with Crippen molar-refractivity contribution >= 4 is 11.3 Å². The number of rotatable bonds is 5. The molecule has 0 aliphatic heterocycles. The van der Waals surface area contributed by atoms with E-state index in [4.69, 9.17) is 0 Å². The molecule has 1 N–H and O–H groups in total. The Morgan fingerprint density at radius 2 is 1.95 bits per heavy atom. The van der Waals surface area contributed by atoms with Gasteiger partial charge in [0.05, 0.1) is 6.04 Å². The molecule has 20 heavy (non-hydrogen) atoms. The molecule has 0 amide bonds. The van der Waals surface area contributed by atoms with E-state index in [0.29, 0.717) is 0 Å². The second kappa shape index (κ2) is 6.51. The number of thiophene rings is 1. The molecule has 0 saturated carbocycles. The average molecular weight is 291 g/mol. The van der Waals surface area contributed by atoms with Crippen molar-refractivity contribution in [3.8, 4) is 0 Å². The van der Waals surface area contributed by atoms with Crippen molar-refractivity contribution in [3.63, 3.8) is 0 Å². The quantitative estimate of drug-likeness (QED) is 0.826. The number of nitrogens with one attached hydrogen (secondary N) is 1. The summed E-state index contributed by atoms with van der Waals surface area (Å²) in [4.78, 5) is 1.21. The zero-order chi connectivity index (χ0) is 14.7. The molecule has 2 aromatic rings. The summed E-state index contributed by atoms with van der Waals surface area (Å²) >= 11 is 1.70. The van der Waals surface area contributed by atoms with E-state index in [1.807, 2.05) is 13.8 Å². The van der Waals surface area contributed by atoms with Crippen molar-refractivity contribution in [1.82, 2.24) is 5.32 Å². The predicted molar refractivity (Wildman–Crippen MR) is 85.1 cm³/mol. The summed E-state index contributed by atoms with van der Waals surface area (Å²) in [5.41, 5.74) is 4.00. The van der Waals surface area contributed by atoms with Crippen LogP contribution in [0.5, 0.6) is 0 Å². The van der Waals surface area contributed by atoms with Gasteiger partial charge in [-0.15, -0.1) is 11.3 Å². The smallest absolute Gasteiger partial charge is 0.128 e. The molecular formula is C17H22FNS. The lowest BCUT2D eigenvalue weighted by atomic mass is 9.96. The molecule has 1 nitrogen and oxygen atoms in total. The van der Waals surface area contributed by atoms with Crippen LogP contribution in [0.15, 0.2) is 23.6 Å². The van der Waals surface area contributed by atoms with Crippen LogP contribution in [0, 0.1) is 26.6 Å². The molecule has 0 radical (unpaired) electrons. The number of benzene rings is 1. The zero-order valence-electron chi connectivity index (χ0n) is 12.6. The van der Waals surface area contributed by atoms with Gasteiger partial charge in [-0.05, 0) is 67.9 Å². The highest BCUT2D eigenvalue weighted by molar-refractivity contribution is 7.10. The fourth-order valence-corrected chi connectivity index (χ4v) is 3.60. The van der Waals surface area contributed by atoms with E-state index in [2.05, 4.69) is 36.7 Å². The molecule has 1 atom stereocenters. The highest BCUT2D eigenvalue weighted by Gasteiger charge is 2.22. The summed E-state index contributed by atoms with van der Waals surface area (Å²) in [6.45, 7) is 9.03. The fourth-order valence-electron chi connectivity index (χ4n) is 2.59. The molecule has 0 aliphatic carbocycles. The lowest BCUT2D eigenvalue weighted by Gasteiger charge is -2.22. The Hall–Kier alpha value is -1.19. The average Bonchev–Trinajstić information content (AvgIpc) is 2.78. The van der Waals surface area contributed by atoms with E-state index in [-0.39, 0.29) is 11.9 Å². The monoisotopic (exact) mass is 291 g/mol. The molecule has 1 aromatic heterocycles. The summed E-state index contributed by atoms with van der Waals surface area (Å²) < 4.78 is 14.5. The van der Waals surface area contributed by atoms with Crippen LogP contribution in [-0.4, -0.2) is 6.54 Å². The van der Waals surface area contributed by atoms with Crippen LogP contribution >= 0.6 is 11.3 Å². The van der Waals surface area contributed by atoms with E-state index in [0.717, 1.165) is 29.7 Å². The maximum absolute atomic E-state index is 14.5. The van der Waals surface area contributed by atoms with Gasteiger partial charge < -0.3 is 5.32 Å². The third-order valence-electron chi connectivity index (χ3n) is 3.53. The maximum Gasteiger partial charge on any atom is 0.128 e. The maximum atomic E-state index is 14.5. The van der Waals surface area contributed by atoms with E-state index in [9.17, 15) is 4.39 Å². The minimum atomic E-state index is -0.107. The molecule has 0 spiro atoms. The number of aryl methyl sites for hydroxylation is 3. The summed E-state index contributed by atoms with van der Waals surface area (Å²) in [5, 5.41) is 5.58. The van der Waals surface area contributed by atoms with Crippen molar-refractivity contribution in [2.75, 3.05) is 6.54 Å². The zero-order valence-corrected chi connectivity index (χ0v) is 13.4. The van der Waals surface area contributed by atoms with Gasteiger partial charge in [0, 0.05) is 10.4 Å². The van der Waals surface area contributed by atoms with Crippen molar-refractivity contribution < 1.29 is 4.39 Å². The van der Waals surface area contributed by atoms with Crippen LogP contribution in [-0.2, 0) is 0 Å². The second-order valence-corrected chi connectivity index (χ2v) is 6.28. The molecule has 0 bridgehead atoms. The minimum Gasteiger partial charge on any atom is -0.305 e. The minimum absolute atomic E-state index is 0.0458. The summed E-state index contributed by atoms with van der Waals surface area (Å²) in [6, 6.07) is 5.74. The van der Waals surface area contributed by atoms with Crippen LogP contribution in [0.2, 0.25) is 0 Å². The number of hydrogen-bond donors (Lipinski definition) is 1. The Labute approximate surface area is 124 Å². The van der Waals surface area contributed by atoms with Crippen LogP contribution in [0.3, 0.4) is 0 Å². The van der Waals surface area contributed by atoms with E-state index in [1.165, 1.54) is 10.4 Å². The first-order valence-electron chi connectivity index (χ1n) is 7.08. The van der Waals surface area contributed by atoms with Gasteiger partial charge in [-0.2, -0.15) is 0 Å². The van der Waals surface area contributed by atoms with Crippen molar-refractivity contribution in [1.29, 1.82) is 0 Å². The Morgan fingerprint density at radius 3 is 2.50 bits per heavy atom. The molecule has 1 aromatic carbocycles. The van der Waals surface area contributed by atoms with E-state index in [1.54, 1.807) is 17.4 Å². The Morgan fingerprint density at radius 1 is 1.20 bits per heavy atom. The normalized spacial score (nSPS) is 12.7. The third-order valence-corrected chi connectivity index (χ3v) is 4.62. The van der Waals surface area contributed by atoms with Gasteiger partial charge in [0.1, 0.15) is 5.82 Å². The molecule has 0 saturated heterocycles. The Bertz CT molecular complexity index is 565. The lowest BCUT2D eigenvalue weighted by molar-refractivity contribution is 0.546. The first-order valence-corrected chi connectivity index (χ1v) is 7.96. The fraction of sp³-hybridized carbons (Fsp3) is 0.412. The van der Waals surface area contributed by atoms with E-state index >= 15 is 0 Å². The van der Waals surface area contributed by atoms with Gasteiger partial charge in [-0.3, -0.25) is 0 Å². The SMILES string of the molecule is CCCNC(c1sccc1C)c1c(C)cc(C)cc1F. The number of halogens is 1.